The molecule has 3 nitrogen and oxygen atoms in total. The molecule has 0 aromatic rings. The number of ether oxygens (including phenoxy) is 1. The van der Waals surface area contributed by atoms with Crippen LogP contribution in [-0.4, -0.2) is 11.9 Å². The summed E-state index contributed by atoms with van der Waals surface area (Å²) < 4.78 is 4.35. The summed E-state index contributed by atoms with van der Waals surface area (Å²) in [5.74, 6) is -0.990. The summed E-state index contributed by atoms with van der Waals surface area (Å²) in [7, 11) is 0. The highest BCUT2D eigenvalue weighted by molar-refractivity contribution is 5.84. The summed E-state index contributed by atoms with van der Waals surface area (Å²) >= 11 is 0. The van der Waals surface area contributed by atoms with Crippen LogP contribution in [0, 0.1) is 0 Å². The van der Waals surface area contributed by atoms with Crippen molar-refractivity contribution in [1.82, 2.24) is 0 Å². The van der Waals surface area contributed by atoms with Crippen LogP contribution in [0.25, 0.3) is 0 Å². The van der Waals surface area contributed by atoms with Crippen molar-refractivity contribution in [3.8, 4) is 0 Å². The average molecular weight is 184 g/mol. The first-order valence-corrected chi connectivity index (χ1v) is 4.53. The third kappa shape index (κ3) is 8.79. The summed E-state index contributed by atoms with van der Waals surface area (Å²) in [5.41, 5.74) is 0. The van der Waals surface area contributed by atoms with Crippen molar-refractivity contribution in [3.05, 3.63) is 12.2 Å². The minimum Gasteiger partial charge on any atom is -0.393 e. The van der Waals surface area contributed by atoms with Gasteiger partial charge in [-0.3, -0.25) is 9.59 Å². The van der Waals surface area contributed by atoms with Gasteiger partial charge in [-0.1, -0.05) is 25.5 Å². The Bertz CT molecular complexity index is 194. The number of carbonyl (C=O) groups excluding carboxylic acids is 2. The van der Waals surface area contributed by atoms with Crippen LogP contribution in [0.2, 0.25) is 0 Å². The molecule has 0 amide bonds. The van der Waals surface area contributed by atoms with Crippen molar-refractivity contribution < 1.29 is 14.3 Å². The highest BCUT2D eigenvalue weighted by Gasteiger charge is 2.03. The molecule has 0 N–H and O–H groups in total. The molecule has 0 aliphatic heterocycles. The first-order chi connectivity index (χ1) is 6.16. The van der Waals surface area contributed by atoms with E-state index in [0.717, 1.165) is 12.8 Å². The van der Waals surface area contributed by atoms with Crippen molar-refractivity contribution in [2.24, 2.45) is 0 Å². The maximum Gasteiger partial charge on any atom is 0.313 e. The summed E-state index contributed by atoms with van der Waals surface area (Å²) in [5, 5.41) is 0. The predicted octanol–water partition coefficient (Wildman–Crippen LogP) is 2.21. The number of carbonyl (C=O) groups is 2. The molecule has 0 atom stereocenters. The van der Waals surface area contributed by atoms with Crippen LogP contribution in [0.15, 0.2) is 12.2 Å². The SMILES string of the molecule is CCCC=CCCC(=O)OC(C)=O. The lowest BCUT2D eigenvalue weighted by molar-refractivity contribution is -0.157. The normalized spacial score (nSPS) is 10.3. The van der Waals surface area contributed by atoms with E-state index in [1.165, 1.54) is 6.92 Å². The third-order valence-electron chi connectivity index (χ3n) is 1.39. The van der Waals surface area contributed by atoms with Gasteiger partial charge >= 0.3 is 11.9 Å². The maximum absolute atomic E-state index is 10.8. The molecule has 0 radical (unpaired) electrons. The molecule has 0 aromatic heterocycles. The number of unbranched alkanes of at least 4 members (excludes halogenated alkanes) is 1. The Kier molecular flexibility index (Phi) is 6.88. The number of rotatable bonds is 5. The van der Waals surface area contributed by atoms with Gasteiger partial charge in [-0.25, -0.2) is 0 Å². The fourth-order valence-corrected chi connectivity index (χ4v) is 0.815. The van der Waals surface area contributed by atoms with E-state index in [4.69, 9.17) is 0 Å². The van der Waals surface area contributed by atoms with Crippen LogP contribution in [0.4, 0.5) is 0 Å². The molecule has 3 heteroatoms. The second kappa shape index (κ2) is 7.53. The molecule has 0 saturated carbocycles. The summed E-state index contributed by atoms with van der Waals surface area (Å²) in [6.07, 6.45) is 7.02. The first kappa shape index (κ1) is 11.9. The number of hydrogen-bond donors (Lipinski definition) is 0. The minimum absolute atomic E-state index is 0.278. The Morgan fingerprint density at radius 2 is 1.85 bits per heavy atom. The second-order valence-corrected chi connectivity index (χ2v) is 2.76. The lowest BCUT2D eigenvalue weighted by atomic mass is 10.2. The molecular weight excluding hydrogens is 168 g/mol. The minimum atomic E-state index is -0.539. The van der Waals surface area contributed by atoms with E-state index in [9.17, 15) is 9.59 Å². The molecule has 0 aliphatic rings. The Labute approximate surface area is 78.8 Å². The quantitative estimate of drug-likeness (QED) is 0.374. The van der Waals surface area contributed by atoms with Gasteiger partial charge < -0.3 is 4.74 Å². The number of hydrogen-bond acceptors (Lipinski definition) is 3. The van der Waals surface area contributed by atoms with Gasteiger partial charge in [0.05, 0.1) is 0 Å². The zero-order valence-corrected chi connectivity index (χ0v) is 8.21. The van der Waals surface area contributed by atoms with Gasteiger partial charge in [-0.2, -0.15) is 0 Å². The van der Waals surface area contributed by atoms with Gasteiger partial charge in [0.1, 0.15) is 0 Å². The van der Waals surface area contributed by atoms with Gasteiger partial charge in [0.2, 0.25) is 0 Å². The zero-order chi connectivity index (χ0) is 10.1. The molecule has 0 aromatic carbocycles. The second-order valence-electron chi connectivity index (χ2n) is 2.76. The van der Waals surface area contributed by atoms with E-state index in [-0.39, 0.29) is 6.42 Å². The molecule has 74 valence electrons. The monoisotopic (exact) mass is 184 g/mol. The Hall–Kier alpha value is -1.12. The number of allylic oxidation sites excluding steroid dienone is 2. The van der Waals surface area contributed by atoms with Crippen LogP contribution in [0.5, 0.6) is 0 Å². The Morgan fingerprint density at radius 3 is 2.38 bits per heavy atom. The molecule has 0 aliphatic carbocycles. The van der Waals surface area contributed by atoms with E-state index in [0.29, 0.717) is 6.42 Å². The lowest BCUT2D eigenvalue weighted by Crippen LogP contribution is -2.07. The molecule has 0 rings (SSSR count). The fraction of sp³-hybridized carbons (Fsp3) is 0.600. The molecule has 0 saturated heterocycles. The Balaban J connectivity index is 3.42. The van der Waals surface area contributed by atoms with Gasteiger partial charge in [0.25, 0.3) is 0 Å². The van der Waals surface area contributed by atoms with E-state index in [1.54, 1.807) is 0 Å². The standard InChI is InChI=1S/C10H16O3/c1-3-4-5-6-7-8-10(12)13-9(2)11/h5-6H,3-4,7-8H2,1-2H3. The largest absolute Gasteiger partial charge is 0.393 e. The van der Waals surface area contributed by atoms with Crippen molar-refractivity contribution in [1.29, 1.82) is 0 Å². The van der Waals surface area contributed by atoms with Crippen LogP contribution in [0.3, 0.4) is 0 Å². The molecule has 0 spiro atoms. The zero-order valence-electron chi connectivity index (χ0n) is 8.21. The third-order valence-corrected chi connectivity index (χ3v) is 1.39. The molecule has 0 unspecified atom stereocenters. The Morgan fingerprint density at radius 1 is 1.23 bits per heavy atom. The summed E-state index contributed by atoms with van der Waals surface area (Å²) in [4.78, 5) is 21.1. The van der Waals surface area contributed by atoms with Crippen molar-refractivity contribution in [2.45, 2.75) is 39.5 Å². The predicted molar refractivity (Wildman–Crippen MR) is 50.1 cm³/mol. The van der Waals surface area contributed by atoms with Crippen LogP contribution < -0.4 is 0 Å². The summed E-state index contributed by atoms with van der Waals surface area (Å²) in [6.45, 7) is 3.32. The van der Waals surface area contributed by atoms with Gasteiger partial charge in [-0.05, 0) is 12.8 Å². The van der Waals surface area contributed by atoms with Gasteiger partial charge in [-0.15, -0.1) is 0 Å². The first-order valence-electron chi connectivity index (χ1n) is 4.53. The molecule has 0 bridgehead atoms. The van der Waals surface area contributed by atoms with Crippen LogP contribution in [-0.2, 0) is 14.3 Å². The van der Waals surface area contributed by atoms with E-state index in [1.807, 2.05) is 12.2 Å². The highest BCUT2D eigenvalue weighted by atomic mass is 16.6. The van der Waals surface area contributed by atoms with E-state index < -0.39 is 11.9 Å². The number of esters is 2. The van der Waals surface area contributed by atoms with Gasteiger partial charge in [0.15, 0.2) is 0 Å². The van der Waals surface area contributed by atoms with E-state index >= 15 is 0 Å². The van der Waals surface area contributed by atoms with Crippen LogP contribution >= 0.6 is 0 Å². The molecule has 13 heavy (non-hydrogen) atoms. The van der Waals surface area contributed by atoms with Gasteiger partial charge in [0, 0.05) is 13.3 Å². The van der Waals surface area contributed by atoms with Crippen molar-refractivity contribution in [3.63, 3.8) is 0 Å². The molecule has 0 heterocycles. The average Bonchev–Trinajstić information content (AvgIpc) is 2.02. The highest BCUT2D eigenvalue weighted by Crippen LogP contribution is 1.97. The van der Waals surface area contributed by atoms with Crippen molar-refractivity contribution in [2.75, 3.05) is 0 Å². The van der Waals surface area contributed by atoms with Crippen LogP contribution in [0.1, 0.15) is 39.5 Å². The molecular formula is C10H16O3. The fourth-order valence-electron chi connectivity index (χ4n) is 0.815. The molecule has 0 fully saturated rings. The maximum atomic E-state index is 10.8. The van der Waals surface area contributed by atoms with Crippen molar-refractivity contribution >= 4 is 11.9 Å². The van der Waals surface area contributed by atoms with E-state index in [2.05, 4.69) is 11.7 Å². The smallest absolute Gasteiger partial charge is 0.313 e. The summed E-state index contributed by atoms with van der Waals surface area (Å²) in [6, 6.07) is 0. The topological polar surface area (TPSA) is 43.4 Å². The lowest BCUT2D eigenvalue weighted by Gasteiger charge is -1.96.